The van der Waals surface area contributed by atoms with Crippen molar-refractivity contribution in [2.24, 2.45) is 0 Å². The summed E-state index contributed by atoms with van der Waals surface area (Å²) in [4.78, 5) is 6.22. The standard InChI is InChI=1S/C14H26BrN3S/c1-4-18(5-2)9-7-16-6-8-17(3)11-14-10-13(15)12-19-14/h10,12,16H,4-9,11H2,1-3H3. The number of halogens is 1. The molecule has 0 bridgehead atoms. The number of hydrogen-bond donors (Lipinski definition) is 1. The highest BCUT2D eigenvalue weighted by Crippen LogP contribution is 2.20. The van der Waals surface area contributed by atoms with Crippen LogP contribution in [0, 0.1) is 0 Å². The predicted molar refractivity (Wildman–Crippen MR) is 89.0 cm³/mol. The molecule has 19 heavy (non-hydrogen) atoms. The molecule has 0 saturated heterocycles. The van der Waals surface area contributed by atoms with Crippen LogP contribution in [0.15, 0.2) is 15.9 Å². The highest BCUT2D eigenvalue weighted by atomic mass is 79.9. The first-order valence-corrected chi connectivity index (χ1v) is 8.67. The Morgan fingerprint density at radius 3 is 2.47 bits per heavy atom. The maximum atomic E-state index is 3.52. The minimum Gasteiger partial charge on any atom is -0.314 e. The van der Waals surface area contributed by atoms with Crippen molar-refractivity contribution in [3.63, 3.8) is 0 Å². The van der Waals surface area contributed by atoms with Gasteiger partial charge in [0.15, 0.2) is 0 Å². The summed E-state index contributed by atoms with van der Waals surface area (Å²) in [5.74, 6) is 0. The van der Waals surface area contributed by atoms with Gasteiger partial charge in [0.2, 0.25) is 0 Å². The van der Waals surface area contributed by atoms with Crippen LogP contribution in [0.4, 0.5) is 0 Å². The lowest BCUT2D eigenvalue weighted by Crippen LogP contribution is -2.35. The van der Waals surface area contributed by atoms with Gasteiger partial charge in [-0.25, -0.2) is 0 Å². The summed E-state index contributed by atoms with van der Waals surface area (Å²) in [6.45, 7) is 12.1. The average molecular weight is 348 g/mol. The first-order valence-electron chi connectivity index (χ1n) is 7.00. The Morgan fingerprint density at radius 2 is 1.89 bits per heavy atom. The van der Waals surface area contributed by atoms with Crippen LogP contribution in [0.3, 0.4) is 0 Å². The first kappa shape index (κ1) is 17.1. The van der Waals surface area contributed by atoms with E-state index in [-0.39, 0.29) is 0 Å². The summed E-state index contributed by atoms with van der Waals surface area (Å²) < 4.78 is 1.19. The van der Waals surface area contributed by atoms with Gasteiger partial charge < -0.3 is 15.1 Å². The van der Waals surface area contributed by atoms with Crippen LogP contribution in [0.1, 0.15) is 18.7 Å². The van der Waals surface area contributed by atoms with E-state index >= 15 is 0 Å². The van der Waals surface area contributed by atoms with Crippen molar-refractivity contribution < 1.29 is 0 Å². The summed E-state index contributed by atoms with van der Waals surface area (Å²) in [5.41, 5.74) is 0. The van der Waals surface area contributed by atoms with Crippen LogP contribution in [-0.2, 0) is 6.54 Å². The summed E-state index contributed by atoms with van der Waals surface area (Å²) in [7, 11) is 2.18. The Bertz CT molecular complexity index is 339. The lowest BCUT2D eigenvalue weighted by Gasteiger charge is -2.19. The normalized spacial score (nSPS) is 11.7. The molecule has 1 heterocycles. The van der Waals surface area contributed by atoms with Gasteiger partial charge in [0.25, 0.3) is 0 Å². The lowest BCUT2D eigenvalue weighted by atomic mass is 10.4. The highest BCUT2D eigenvalue weighted by Gasteiger charge is 2.03. The van der Waals surface area contributed by atoms with E-state index in [2.05, 4.69) is 63.4 Å². The van der Waals surface area contributed by atoms with Crippen molar-refractivity contribution in [2.45, 2.75) is 20.4 Å². The third-order valence-electron chi connectivity index (χ3n) is 3.22. The molecule has 0 aliphatic heterocycles. The van der Waals surface area contributed by atoms with Gasteiger partial charge in [-0.15, -0.1) is 11.3 Å². The Kier molecular flexibility index (Phi) is 8.90. The summed E-state index contributed by atoms with van der Waals surface area (Å²) >= 11 is 5.31. The van der Waals surface area contributed by atoms with Gasteiger partial charge in [0, 0.05) is 47.5 Å². The fourth-order valence-corrected chi connectivity index (χ4v) is 3.48. The predicted octanol–water partition coefficient (Wildman–Crippen LogP) is 2.87. The Morgan fingerprint density at radius 1 is 1.21 bits per heavy atom. The molecule has 1 aromatic heterocycles. The second-order valence-corrected chi connectivity index (χ2v) is 6.66. The Hall–Kier alpha value is 0.0600. The van der Waals surface area contributed by atoms with Gasteiger partial charge in [-0.05, 0) is 42.1 Å². The SMILES string of the molecule is CCN(CC)CCNCCN(C)Cc1cc(Br)cs1. The number of hydrogen-bond acceptors (Lipinski definition) is 4. The van der Waals surface area contributed by atoms with Crippen LogP contribution in [0.5, 0.6) is 0 Å². The average Bonchev–Trinajstić information content (AvgIpc) is 2.79. The van der Waals surface area contributed by atoms with E-state index in [0.717, 1.165) is 45.8 Å². The number of rotatable bonds is 10. The molecule has 0 aliphatic rings. The van der Waals surface area contributed by atoms with Crippen molar-refractivity contribution in [3.05, 3.63) is 20.8 Å². The van der Waals surface area contributed by atoms with Crippen molar-refractivity contribution in [2.75, 3.05) is 46.3 Å². The van der Waals surface area contributed by atoms with E-state index in [0.29, 0.717) is 0 Å². The molecule has 1 N–H and O–H groups in total. The van der Waals surface area contributed by atoms with E-state index in [1.807, 2.05) is 11.3 Å². The molecule has 1 rings (SSSR count). The van der Waals surface area contributed by atoms with Crippen LogP contribution in [0.25, 0.3) is 0 Å². The highest BCUT2D eigenvalue weighted by molar-refractivity contribution is 9.10. The van der Waals surface area contributed by atoms with Crippen LogP contribution >= 0.6 is 27.3 Å². The van der Waals surface area contributed by atoms with Gasteiger partial charge in [-0.2, -0.15) is 0 Å². The van der Waals surface area contributed by atoms with Crippen LogP contribution in [-0.4, -0.2) is 56.1 Å². The summed E-state index contributed by atoms with van der Waals surface area (Å²) in [6.07, 6.45) is 0. The van der Waals surface area contributed by atoms with Gasteiger partial charge in [-0.3, -0.25) is 0 Å². The number of nitrogens with zero attached hydrogens (tertiary/aromatic N) is 2. The van der Waals surface area contributed by atoms with Crippen LogP contribution in [0.2, 0.25) is 0 Å². The molecule has 5 heteroatoms. The smallest absolute Gasteiger partial charge is 0.0325 e. The quantitative estimate of drug-likeness (QED) is 0.656. The summed E-state index contributed by atoms with van der Waals surface area (Å²) in [5, 5.41) is 5.66. The van der Waals surface area contributed by atoms with E-state index in [9.17, 15) is 0 Å². The van der Waals surface area contributed by atoms with E-state index < -0.39 is 0 Å². The molecule has 110 valence electrons. The topological polar surface area (TPSA) is 18.5 Å². The van der Waals surface area contributed by atoms with Gasteiger partial charge in [-0.1, -0.05) is 13.8 Å². The fraction of sp³-hybridized carbons (Fsp3) is 0.714. The molecule has 0 radical (unpaired) electrons. The molecule has 0 aromatic carbocycles. The molecule has 1 aromatic rings. The van der Waals surface area contributed by atoms with Crippen molar-refractivity contribution in [1.82, 2.24) is 15.1 Å². The molecule has 0 atom stereocenters. The minimum atomic E-state index is 1.04. The molecular weight excluding hydrogens is 322 g/mol. The number of likely N-dealkylation sites (N-methyl/N-ethyl adjacent to an activating group) is 2. The Balaban J connectivity index is 2.05. The minimum absolute atomic E-state index is 1.04. The lowest BCUT2D eigenvalue weighted by molar-refractivity contribution is 0.291. The third-order valence-corrected chi connectivity index (χ3v) is 4.90. The fourth-order valence-electron chi connectivity index (χ4n) is 1.95. The maximum Gasteiger partial charge on any atom is 0.0325 e. The van der Waals surface area contributed by atoms with Gasteiger partial charge in [0.05, 0.1) is 0 Å². The molecule has 0 saturated carbocycles. The second kappa shape index (κ2) is 9.88. The second-order valence-electron chi connectivity index (χ2n) is 4.75. The molecule has 0 unspecified atom stereocenters. The zero-order chi connectivity index (χ0) is 14.1. The number of thiophene rings is 1. The number of nitrogens with one attached hydrogen (secondary N) is 1. The molecule has 3 nitrogen and oxygen atoms in total. The van der Waals surface area contributed by atoms with E-state index in [1.165, 1.54) is 9.35 Å². The third kappa shape index (κ3) is 7.42. The van der Waals surface area contributed by atoms with Crippen molar-refractivity contribution in [3.8, 4) is 0 Å². The largest absolute Gasteiger partial charge is 0.314 e. The monoisotopic (exact) mass is 347 g/mol. The van der Waals surface area contributed by atoms with Crippen molar-refractivity contribution in [1.29, 1.82) is 0 Å². The molecule has 0 spiro atoms. The molecule has 0 amide bonds. The van der Waals surface area contributed by atoms with Gasteiger partial charge in [0.1, 0.15) is 0 Å². The molecule has 0 aliphatic carbocycles. The molecule has 0 fully saturated rings. The Labute approximate surface area is 130 Å². The van der Waals surface area contributed by atoms with Crippen LogP contribution < -0.4 is 5.32 Å². The van der Waals surface area contributed by atoms with Gasteiger partial charge >= 0.3 is 0 Å². The zero-order valence-corrected chi connectivity index (χ0v) is 14.7. The van der Waals surface area contributed by atoms with E-state index in [4.69, 9.17) is 0 Å². The maximum absolute atomic E-state index is 3.52. The first-order chi connectivity index (χ1) is 9.15. The molecular formula is C14H26BrN3S. The van der Waals surface area contributed by atoms with E-state index in [1.54, 1.807) is 0 Å². The van der Waals surface area contributed by atoms with Crippen molar-refractivity contribution >= 4 is 27.3 Å². The zero-order valence-electron chi connectivity index (χ0n) is 12.3. The summed E-state index contributed by atoms with van der Waals surface area (Å²) in [6, 6.07) is 2.20.